The number of ketones is 1. The summed E-state index contributed by atoms with van der Waals surface area (Å²) in [4.78, 5) is 12.3. The molecule has 2 aromatic rings. The molecule has 104 valence electrons. The molecular formula is C15H11Br2FO2. The van der Waals surface area contributed by atoms with Crippen LogP contribution >= 0.6 is 31.9 Å². The molecule has 0 bridgehead atoms. The van der Waals surface area contributed by atoms with Gasteiger partial charge in [0.2, 0.25) is 0 Å². The Morgan fingerprint density at radius 3 is 2.70 bits per heavy atom. The van der Waals surface area contributed by atoms with E-state index in [4.69, 9.17) is 4.74 Å². The Morgan fingerprint density at radius 2 is 2.00 bits per heavy atom. The van der Waals surface area contributed by atoms with E-state index >= 15 is 0 Å². The first-order valence-corrected chi connectivity index (χ1v) is 7.41. The van der Waals surface area contributed by atoms with Gasteiger partial charge in [-0.15, -0.1) is 0 Å². The van der Waals surface area contributed by atoms with Gasteiger partial charge >= 0.3 is 0 Å². The summed E-state index contributed by atoms with van der Waals surface area (Å²) < 4.78 is 20.4. The summed E-state index contributed by atoms with van der Waals surface area (Å²) in [6.45, 7) is 0. The van der Waals surface area contributed by atoms with Crippen molar-refractivity contribution in [1.29, 1.82) is 0 Å². The van der Waals surface area contributed by atoms with Gasteiger partial charge in [0, 0.05) is 20.9 Å². The average molecular weight is 402 g/mol. The second-order valence-corrected chi connectivity index (χ2v) is 5.93. The van der Waals surface area contributed by atoms with Crippen LogP contribution in [0.1, 0.15) is 15.9 Å². The maximum Gasteiger partial charge on any atom is 0.168 e. The van der Waals surface area contributed by atoms with Crippen LogP contribution in [0, 0.1) is 5.82 Å². The minimum absolute atomic E-state index is 0.0158. The summed E-state index contributed by atoms with van der Waals surface area (Å²) in [6, 6.07) is 10.1. The van der Waals surface area contributed by atoms with Gasteiger partial charge in [0.15, 0.2) is 17.3 Å². The van der Waals surface area contributed by atoms with Gasteiger partial charge in [0.05, 0.1) is 7.11 Å². The normalized spacial score (nSPS) is 10.4. The lowest BCUT2D eigenvalue weighted by Gasteiger charge is -2.08. The van der Waals surface area contributed by atoms with Crippen LogP contribution in [0.4, 0.5) is 4.39 Å². The maximum absolute atomic E-state index is 14.0. The standard InChI is InChI=1S/C15H11Br2FO2/c1-20-14-4-2-3-9(15(14)18)7-13(19)11-8-10(16)5-6-12(11)17/h2-6,8H,7H2,1H3. The van der Waals surface area contributed by atoms with Gasteiger partial charge in [-0.05, 0) is 29.8 Å². The van der Waals surface area contributed by atoms with Gasteiger partial charge in [-0.2, -0.15) is 0 Å². The molecule has 20 heavy (non-hydrogen) atoms. The van der Waals surface area contributed by atoms with Crippen molar-refractivity contribution in [1.82, 2.24) is 0 Å². The lowest BCUT2D eigenvalue weighted by atomic mass is 10.0. The third-order valence-corrected chi connectivity index (χ3v) is 4.03. The van der Waals surface area contributed by atoms with E-state index in [-0.39, 0.29) is 18.0 Å². The highest BCUT2D eigenvalue weighted by Crippen LogP contribution is 2.25. The van der Waals surface area contributed by atoms with Crippen molar-refractivity contribution in [2.24, 2.45) is 0 Å². The average Bonchev–Trinajstić information content (AvgIpc) is 2.43. The maximum atomic E-state index is 14.0. The summed E-state index contributed by atoms with van der Waals surface area (Å²) in [7, 11) is 1.40. The second-order valence-electron chi connectivity index (χ2n) is 4.16. The number of carbonyl (C=O) groups is 1. The molecule has 0 heterocycles. The zero-order valence-electron chi connectivity index (χ0n) is 10.6. The number of halogens is 3. The summed E-state index contributed by atoms with van der Waals surface area (Å²) in [5, 5.41) is 0. The van der Waals surface area contributed by atoms with Crippen molar-refractivity contribution < 1.29 is 13.9 Å². The molecule has 2 rings (SSSR count). The Labute approximate surface area is 133 Å². The Balaban J connectivity index is 2.30. The van der Waals surface area contributed by atoms with Crippen LogP contribution in [0.15, 0.2) is 45.3 Å². The second kappa shape index (κ2) is 6.50. The Hall–Kier alpha value is -1.20. The summed E-state index contributed by atoms with van der Waals surface area (Å²) in [6.07, 6.45) is -0.0158. The van der Waals surface area contributed by atoms with E-state index in [1.165, 1.54) is 13.2 Å². The van der Waals surface area contributed by atoms with E-state index in [0.717, 1.165) is 4.47 Å². The Bertz CT molecular complexity index is 656. The molecule has 0 saturated carbocycles. The molecule has 5 heteroatoms. The highest BCUT2D eigenvalue weighted by molar-refractivity contribution is 9.11. The Morgan fingerprint density at radius 1 is 1.25 bits per heavy atom. The van der Waals surface area contributed by atoms with E-state index in [1.54, 1.807) is 24.3 Å². The Kier molecular flexibility index (Phi) is 4.94. The molecule has 2 nitrogen and oxygen atoms in total. The minimum atomic E-state index is -0.491. The molecule has 0 radical (unpaired) electrons. The highest BCUT2D eigenvalue weighted by atomic mass is 79.9. The van der Waals surface area contributed by atoms with Gasteiger partial charge in [0.1, 0.15) is 0 Å². The quantitative estimate of drug-likeness (QED) is 0.688. The van der Waals surface area contributed by atoms with Crippen molar-refractivity contribution in [2.75, 3.05) is 7.11 Å². The van der Waals surface area contributed by atoms with Gasteiger partial charge in [-0.1, -0.05) is 44.0 Å². The first-order chi connectivity index (χ1) is 9.52. The van der Waals surface area contributed by atoms with Crippen molar-refractivity contribution >= 4 is 37.6 Å². The predicted octanol–water partition coefficient (Wildman–Crippen LogP) is 4.78. The molecule has 0 atom stereocenters. The molecule has 0 aliphatic heterocycles. The first-order valence-electron chi connectivity index (χ1n) is 5.82. The largest absolute Gasteiger partial charge is 0.494 e. The molecule has 2 aromatic carbocycles. The predicted molar refractivity (Wildman–Crippen MR) is 82.8 cm³/mol. The monoisotopic (exact) mass is 400 g/mol. The fourth-order valence-corrected chi connectivity index (χ4v) is 2.66. The topological polar surface area (TPSA) is 26.3 Å². The number of ether oxygens (including phenoxy) is 1. The lowest BCUT2D eigenvalue weighted by Crippen LogP contribution is -2.07. The van der Waals surface area contributed by atoms with E-state index in [1.807, 2.05) is 6.07 Å². The summed E-state index contributed by atoms with van der Waals surface area (Å²) in [5.41, 5.74) is 0.836. The highest BCUT2D eigenvalue weighted by Gasteiger charge is 2.15. The van der Waals surface area contributed by atoms with Crippen molar-refractivity contribution in [3.8, 4) is 5.75 Å². The van der Waals surface area contributed by atoms with Crippen LogP contribution < -0.4 is 4.74 Å². The number of hydrogen-bond donors (Lipinski definition) is 0. The lowest BCUT2D eigenvalue weighted by molar-refractivity contribution is 0.0991. The molecule has 0 N–H and O–H groups in total. The van der Waals surface area contributed by atoms with Crippen molar-refractivity contribution in [2.45, 2.75) is 6.42 Å². The van der Waals surface area contributed by atoms with Crippen LogP contribution in [0.3, 0.4) is 0 Å². The van der Waals surface area contributed by atoms with Crippen LogP contribution in [-0.4, -0.2) is 12.9 Å². The summed E-state index contributed by atoms with van der Waals surface area (Å²) in [5.74, 6) is -0.511. The van der Waals surface area contributed by atoms with Crippen LogP contribution in [0.25, 0.3) is 0 Å². The number of methoxy groups -OCH3 is 1. The minimum Gasteiger partial charge on any atom is -0.494 e. The smallest absolute Gasteiger partial charge is 0.168 e. The first kappa shape index (κ1) is 15.2. The van der Waals surface area contributed by atoms with Gasteiger partial charge < -0.3 is 4.74 Å². The fourth-order valence-electron chi connectivity index (χ4n) is 1.83. The number of carbonyl (C=O) groups excluding carboxylic acids is 1. The third kappa shape index (κ3) is 3.27. The molecule has 0 aliphatic rings. The molecule has 0 amide bonds. The van der Waals surface area contributed by atoms with Gasteiger partial charge in [0.25, 0.3) is 0 Å². The molecular weight excluding hydrogens is 391 g/mol. The number of Topliss-reactive ketones (excluding diaryl/α,β-unsaturated/α-hetero) is 1. The van der Waals surface area contributed by atoms with E-state index in [0.29, 0.717) is 15.6 Å². The zero-order chi connectivity index (χ0) is 14.7. The van der Waals surface area contributed by atoms with E-state index < -0.39 is 5.82 Å². The molecule has 0 aromatic heterocycles. The van der Waals surface area contributed by atoms with Crippen molar-refractivity contribution in [3.63, 3.8) is 0 Å². The van der Waals surface area contributed by atoms with Crippen LogP contribution in [-0.2, 0) is 6.42 Å². The summed E-state index contributed by atoms with van der Waals surface area (Å²) >= 11 is 6.65. The van der Waals surface area contributed by atoms with Crippen LogP contribution in [0.2, 0.25) is 0 Å². The number of hydrogen-bond acceptors (Lipinski definition) is 2. The fraction of sp³-hybridized carbons (Fsp3) is 0.133. The van der Waals surface area contributed by atoms with Gasteiger partial charge in [-0.3, -0.25) is 4.79 Å². The molecule has 0 unspecified atom stereocenters. The zero-order valence-corrected chi connectivity index (χ0v) is 13.8. The van der Waals surface area contributed by atoms with Gasteiger partial charge in [-0.25, -0.2) is 4.39 Å². The molecule has 0 saturated heterocycles. The van der Waals surface area contributed by atoms with Crippen molar-refractivity contribution in [3.05, 3.63) is 62.3 Å². The van der Waals surface area contributed by atoms with E-state index in [9.17, 15) is 9.18 Å². The molecule has 0 fully saturated rings. The SMILES string of the molecule is COc1cccc(CC(=O)c2cc(Br)ccc2Br)c1F. The molecule has 0 aliphatic carbocycles. The van der Waals surface area contributed by atoms with E-state index in [2.05, 4.69) is 31.9 Å². The number of rotatable bonds is 4. The number of benzene rings is 2. The molecule has 0 spiro atoms. The van der Waals surface area contributed by atoms with Crippen LogP contribution in [0.5, 0.6) is 5.75 Å². The third-order valence-electron chi connectivity index (χ3n) is 2.84.